The molecule has 0 fully saturated rings. The van der Waals surface area contributed by atoms with E-state index in [2.05, 4.69) is 22.5 Å². The number of nitrogens with zero attached hydrogens (tertiary/aromatic N) is 3. The molecule has 2 heterocycles. The van der Waals surface area contributed by atoms with Gasteiger partial charge in [0.2, 0.25) is 11.1 Å². The topological polar surface area (TPSA) is 81.1 Å². The first-order valence-corrected chi connectivity index (χ1v) is 14.6. The van der Waals surface area contributed by atoms with Crippen LogP contribution >= 0.6 is 35.0 Å². The molecule has 1 aliphatic rings. The van der Waals surface area contributed by atoms with E-state index in [-0.39, 0.29) is 12.5 Å². The van der Waals surface area contributed by atoms with E-state index in [9.17, 15) is 4.79 Å². The molecule has 1 aliphatic heterocycles. The lowest BCUT2D eigenvalue weighted by Crippen LogP contribution is -2.31. The number of nitrogens with one attached hydrogen (secondary N) is 2. The van der Waals surface area contributed by atoms with E-state index in [4.69, 9.17) is 33.0 Å². The number of ether oxygens (including phenoxy) is 1. The van der Waals surface area contributed by atoms with Gasteiger partial charge in [0.05, 0.1) is 5.57 Å². The normalized spacial score (nSPS) is 14.5. The number of thioether (sulfide) groups is 1. The number of benzene rings is 3. The summed E-state index contributed by atoms with van der Waals surface area (Å²) in [5.41, 5.74) is 5.81. The van der Waals surface area contributed by atoms with E-state index in [1.165, 1.54) is 0 Å². The number of amides is 1. The molecule has 5 rings (SSSR count). The van der Waals surface area contributed by atoms with Crippen molar-refractivity contribution in [3.8, 4) is 5.75 Å². The highest BCUT2D eigenvalue weighted by Crippen LogP contribution is 2.38. The average molecular weight is 595 g/mol. The molecule has 2 N–H and O–H groups in total. The van der Waals surface area contributed by atoms with E-state index < -0.39 is 6.04 Å². The maximum absolute atomic E-state index is 13.9. The molecule has 1 aromatic heterocycles. The zero-order valence-corrected chi connectivity index (χ0v) is 24.9. The molecule has 0 saturated heterocycles. The predicted octanol–water partition coefficient (Wildman–Crippen LogP) is 7.82. The van der Waals surface area contributed by atoms with Crippen molar-refractivity contribution in [2.24, 2.45) is 0 Å². The highest BCUT2D eigenvalue weighted by molar-refractivity contribution is 7.99. The van der Waals surface area contributed by atoms with Crippen molar-refractivity contribution in [2.45, 2.75) is 45.5 Å². The SMILES string of the molecule is CCSc1nc2n(n1)C(c1cccc(OCc3ccc(Cl)cc3Cl)c1)C(C(=O)Nc1cccc(C)c1C)=C(C)N2. The van der Waals surface area contributed by atoms with E-state index in [0.29, 0.717) is 38.2 Å². The van der Waals surface area contributed by atoms with Crippen LogP contribution in [0, 0.1) is 13.8 Å². The molecule has 0 saturated carbocycles. The van der Waals surface area contributed by atoms with Crippen molar-refractivity contribution in [1.82, 2.24) is 14.8 Å². The van der Waals surface area contributed by atoms with E-state index in [1.807, 2.05) is 69.3 Å². The molecule has 10 heteroatoms. The Morgan fingerprint density at radius 1 is 1.10 bits per heavy atom. The summed E-state index contributed by atoms with van der Waals surface area (Å²) < 4.78 is 7.89. The lowest BCUT2D eigenvalue weighted by molar-refractivity contribution is -0.113. The standard InChI is InChI=1S/C30H29Cl2N5O2S/c1-5-40-30-35-29-33-19(4)26(28(38)34-25-11-6-8-17(2)18(25)3)27(37(29)36-30)20-9-7-10-23(14-20)39-16-21-12-13-22(31)15-24(21)32/h6-15,27H,5,16H2,1-4H3,(H,34,38)(H,33,35,36). The van der Waals surface area contributed by atoms with Gasteiger partial charge in [-0.05, 0) is 73.5 Å². The molecule has 206 valence electrons. The Labute approximate surface area is 247 Å². The van der Waals surface area contributed by atoms with Gasteiger partial charge in [-0.3, -0.25) is 4.79 Å². The average Bonchev–Trinajstić information content (AvgIpc) is 3.32. The number of carbonyl (C=O) groups excluding carboxylic acids is 1. The Hall–Kier alpha value is -3.46. The molecule has 1 amide bonds. The first-order chi connectivity index (χ1) is 19.2. The van der Waals surface area contributed by atoms with E-state index >= 15 is 0 Å². The van der Waals surface area contributed by atoms with E-state index in [0.717, 1.165) is 33.7 Å². The summed E-state index contributed by atoms with van der Waals surface area (Å²) in [6, 6.07) is 18.3. The Kier molecular flexibility index (Phi) is 8.40. The molecule has 7 nitrogen and oxygen atoms in total. The fourth-order valence-corrected chi connectivity index (χ4v) is 5.59. The molecule has 0 bridgehead atoms. The fraction of sp³-hybridized carbons (Fsp3) is 0.233. The lowest BCUT2D eigenvalue weighted by Gasteiger charge is -2.29. The van der Waals surface area contributed by atoms with Crippen LogP contribution in [-0.2, 0) is 11.4 Å². The van der Waals surface area contributed by atoms with Crippen molar-refractivity contribution < 1.29 is 9.53 Å². The summed E-state index contributed by atoms with van der Waals surface area (Å²) in [6.07, 6.45) is 0. The number of anilines is 2. The summed E-state index contributed by atoms with van der Waals surface area (Å²) in [5.74, 6) is 1.84. The Bertz CT molecular complexity index is 1620. The van der Waals surface area contributed by atoms with Gasteiger partial charge in [-0.1, -0.05) is 72.2 Å². The molecule has 3 aromatic carbocycles. The maximum atomic E-state index is 13.9. The monoisotopic (exact) mass is 593 g/mol. The molecular weight excluding hydrogens is 565 g/mol. The van der Waals surface area contributed by atoms with Crippen molar-refractivity contribution in [3.05, 3.63) is 104 Å². The zero-order chi connectivity index (χ0) is 28.4. The number of halogens is 2. The molecule has 1 unspecified atom stereocenters. The number of allylic oxidation sites excluding steroid dienone is 1. The van der Waals surface area contributed by atoms with Gasteiger partial charge in [0, 0.05) is 27.0 Å². The second kappa shape index (κ2) is 12.0. The van der Waals surface area contributed by atoms with Crippen LogP contribution in [0.1, 0.15) is 42.1 Å². The van der Waals surface area contributed by atoms with E-state index in [1.54, 1.807) is 28.6 Å². The summed E-state index contributed by atoms with van der Waals surface area (Å²) >= 11 is 13.9. The number of carbonyl (C=O) groups is 1. The second-order valence-electron chi connectivity index (χ2n) is 9.46. The van der Waals surface area contributed by atoms with Crippen LogP contribution in [0.5, 0.6) is 5.75 Å². The Balaban J connectivity index is 1.51. The molecule has 0 aliphatic carbocycles. The molecule has 40 heavy (non-hydrogen) atoms. The van der Waals surface area contributed by atoms with Crippen LogP contribution in [0.25, 0.3) is 0 Å². The van der Waals surface area contributed by atoms with Gasteiger partial charge < -0.3 is 15.4 Å². The third kappa shape index (κ3) is 5.84. The highest BCUT2D eigenvalue weighted by Gasteiger charge is 2.34. The van der Waals surface area contributed by atoms with Crippen molar-refractivity contribution in [1.29, 1.82) is 0 Å². The lowest BCUT2D eigenvalue weighted by atomic mass is 9.94. The third-order valence-electron chi connectivity index (χ3n) is 6.79. The largest absolute Gasteiger partial charge is 0.489 e. The minimum absolute atomic E-state index is 0.214. The summed E-state index contributed by atoms with van der Waals surface area (Å²) in [7, 11) is 0. The van der Waals surface area contributed by atoms with Crippen LogP contribution in [0.4, 0.5) is 11.6 Å². The second-order valence-corrected chi connectivity index (χ2v) is 11.5. The zero-order valence-electron chi connectivity index (χ0n) is 22.6. The number of aromatic nitrogens is 3. The van der Waals surface area contributed by atoms with Gasteiger partial charge >= 0.3 is 0 Å². The smallest absolute Gasteiger partial charge is 0.255 e. The molecular formula is C30H29Cl2N5O2S. The molecule has 0 radical (unpaired) electrons. The first kappa shape index (κ1) is 28.1. The van der Waals surface area contributed by atoms with Gasteiger partial charge in [0.25, 0.3) is 5.91 Å². The van der Waals surface area contributed by atoms with Crippen LogP contribution < -0.4 is 15.4 Å². The quantitative estimate of drug-likeness (QED) is 0.203. The minimum atomic E-state index is -0.525. The highest BCUT2D eigenvalue weighted by atomic mass is 35.5. The third-order valence-corrected chi connectivity index (χ3v) is 8.09. The van der Waals surface area contributed by atoms with Crippen LogP contribution in [0.15, 0.2) is 77.1 Å². The van der Waals surface area contributed by atoms with Gasteiger partial charge in [0.1, 0.15) is 18.4 Å². The number of fused-ring (bicyclic) bond motifs is 1. The van der Waals surface area contributed by atoms with Crippen LogP contribution in [0.2, 0.25) is 10.0 Å². The van der Waals surface area contributed by atoms with Gasteiger partial charge in [-0.2, -0.15) is 4.98 Å². The molecule has 4 aromatic rings. The van der Waals surface area contributed by atoms with Gasteiger partial charge in [-0.15, -0.1) is 5.10 Å². The first-order valence-electron chi connectivity index (χ1n) is 12.9. The summed E-state index contributed by atoms with van der Waals surface area (Å²) in [5, 5.41) is 12.9. The number of hydrogen-bond acceptors (Lipinski definition) is 6. The Morgan fingerprint density at radius 3 is 2.67 bits per heavy atom. The number of aryl methyl sites for hydroxylation is 1. The summed E-state index contributed by atoms with van der Waals surface area (Å²) in [4.78, 5) is 18.6. The number of hydrogen-bond donors (Lipinski definition) is 2. The summed E-state index contributed by atoms with van der Waals surface area (Å²) in [6.45, 7) is 8.24. The van der Waals surface area contributed by atoms with Crippen molar-refractivity contribution in [3.63, 3.8) is 0 Å². The fourth-order valence-electron chi connectivity index (χ4n) is 4.57. The van der Waals surface area contributed by atoms with Gasteiger partial charge in [-0.25, -0.2) is 4.68 Å². The van der Waals surface area contributed by atoms with Crippen molar-refractivity contribution >= 4 is 52.5 Å². The minimum Gasteiger partial charge on any atom is -0.489 e. The molecule has 1 atom stereocenters. The molecule has 0 spiro atoms. The maximum Gasteiger partial charge on any atom is 0.255 e. The Morgan fingerprint density at radius 2 is 1.90 bits per heavy atom. The van der Waals surface area contributed by atoms with Crippen LogP contribution in [-0.4, -0.2) is 26.4 Å². The predicted molar refractivity (Wildman–Crippen MR) is 163 cm³/mol. The van der Waals surface area contributed by atoms with Crippen LogP contribution in [0.3, 0.4) is 0 Å². The number of rotatable bonds is 8. The van der Waals surface area contributed by atoms with Gasteiger partial charge in [0.15, 0.2) is 0 Å². The van der Waals surface area contributed by atoms with Crippen molar-refractivity contribution in [2.75, 3.05) is 16.4 Å².